The highest BCUT2D eigenvalue weighted by molar-refractivity contribution is 5.77. The zero-order valence-electron chi connectivity index (χ0n) is 17.4. The van der Waals surface area contributed by atoms with Crippen LogP contribution in [0.25, 0.3) is 11.0 Å². The van der Waals surface area contributed by atoms with Crippen LogP contribution in [-0.4, -0.2) is 29.2 Å². The monoisotopic (exact) mass is 395 g/mol. The van der Waals surface area contributed by atoms with Gasteiger partial charge in [-0.2, -0.15) is 0 Å². The second-order valence-electron chi connectivity index (χ2n) is 6.98. The number of amides is 1. The topological polar surface area (TPSA) is 65.4 Å². The third-order valence-electron chi connectivity index (χ3n) is 4.87. The van der Waals surface area contributed by atoms with Crippen LogP contribution < -0.4 is 14.8 Å². The maximum Gasteiger partial charge on any atom is 0.220 e. The molecule has 1 heterocycles. The predicted molar refractivity (Wildman–Crippen MR) is 114 cm³/mol. The Morgan fingerprint density at radius 1 is 1.10 bits per heavy atom. The number of carbonyl (C=O) groups is 1. The fourth-order valence-electron chi connectivity index (χ4n) is 3.30. The zero-order chi connectivity index (χ0) is 20.6. The Labute approximate surface area is 171 Å². The molecule has 1 N–H and O–H groups in total. The minimum Gasteiger partial charge on any atom is -0.497 e. The van der Waals surface area contributed by atoms with Gasteiger partial charge in [0.2, 0.25) is 5.91 Å². The number of carbonyl (C=O) groups excluding carboxylic acids is 1. The Bertz CT molecular complexity index is 934. The van der Waals surface area contributed by atoms with Crippen molar-refractivity contribution in [1.29, 1.82) is 0 Å². The largest absolute Gasteiger partial charge is 0.497 e. The maximum absolute atomic E-state index is 11.8. The number of unbranched alkanes of at least 4 members (excludes halogenated alkanes) is 1. The van der Waals surface area contributed by atoms with Gasteiger partial charge >= 0.3 is 0 Å². The van der Waals surface area contributed by atoms with E-state index < -0.39 is 0 Å². The lowest BCUT2D eigenvalue weighted by atomic mass is 10.2. The van der Waals surface area contributed by atoms with Crippen molar-refractivity contribution in [2.75, 3.05) is 13.7 Å². The van der Waals surface area contributed by atoms with Crippen molar-refractivity contribution >= 4 is 16.9 Å². The van der Waals surface area contributed by atoms with Crippen molar-refractivity contribution in [2.24, 2.45) is 0 Å². The first-order valence-electron chi connectivity index (χ1n) is 10.1. The van der Waals surface area contributed by atoms with Crippen molar-refractivity contribution in [3.8, 4) is 11.5 Å². The molecular weight excluding hydrogens is 366 g/mol. The SMILES string of the molecule is CCC(=O)NC(C)c1nc2ccccc2n1CCCCOc1ccc(OC)cc1. The fourth-order valence-corrected chi connectivity index (χ4v) is 3.30. The molecule has 1 unspecified atom stereocenters. The molecule has 0 saturated heterocycles. The maximum atomic E-state index is 11.8. The van der Waals surface area contributed by atoms with Gasteiger partial charge in [0.1, 0.15) is 17.3 Å². The van der Waals surface area contributed by atoms with Gasteiger partial charge in [0.05, 0.1) is 30.8 Å². The van der Waals surface area contributed by atoms with E-state index in [1.807, 2.05) is 56.3 Å². The van der Waals surface area contributed by atoms with Crippen molar-refractivity contribution in [1.82, 2.24) is 14.9 Å². The Morgan fingerprint density at radius 3 is 2.55 bits per heavy atom. The fraction of sp³-hybridized carbons (Fsp3) is 0.391. The summed E-state index contributed by atoms with van der Waals surface area (Å²) in [6.07, 6.45) is 2.35. The molecule has 0 aliphatic heterocycles. The molecule has 0 aliphatic carbocycles. The van der Waals surface area contributed by atoms with Crippen LogP contribution in [0.3, 0.4) is 0 Å². The van der Waals surface area contributed by atoms with Crippen LogP contribution >= 0.6 is 0 Å². The molecule has 6 nitrogen and oxygen atoms in total. The van der Waals surface area contributed by atoms with E-state index in [4.69, 9.17) is 14.5 Å². The van der Waals surface area contributed by atoms with Crippen molar-refractivity contribution in [2.45, 2.75) is 45.7 Å². The summed E-state index contributed by atoms with van der Waals surface area (Å²) in [5.41, 5.74) is 2.05. The molecule has 1 aromatic heterocycles. The van der Waals surface area contributed by atoms with Gasteiger partial charge in [-0.1, -0.05) is 19.1 Å². The van der Waals surface area contributed by atoms with E-state index in [1.165, 1.54) is 0 Å². The number of methoxy groups -OCH3 is 1. The average molecular weight is 396 g/mol. The summed E-state index contributed by atoms with van der Waals surface area (Å²) in [4.78, 5) is 16.6. The predicted octanol–water partition coefficient (Wildman–Crippen LogP) is 4.49. The standard InChI is InChI=1S/C23H29N3O3/c1-4-22(27)24-17(2)23-25-20-9-5-6-10-21(20)26(23)15-7-8-16-29-19-13-11-18(28-3)12-14-19/h5-6,9-14,17H,4,7-8,15-16H2,1-3H3,(H,24,27). The molecule has 0 radical (unpaired) electrons. The van der Waals surface area contributed by atoms with Crippen LogP contribution in [0, 0.1) is 0 Å². The van der Waals surface area contributed by atoms with Gasteiger partial charge in [-0.15, -0.1) is 0 Å². The summed E-state index contributed by atoms with van der Waals surface area (Å²) < 4.78 is 13.2. The number of benzene rings is 2. The van der Waals surface area contributed by atoms with Crippen molar-refractivity contribution in [3.05, 3.63) is 54.4 Å². The molecule has 0 bridgehead atoms. The number of hydrogen-bond donors (Lipinski definition) is 1. The molecule has 0 fully saturated rings. The zero-order valence-corrected chi connectivity index (χ0v) is 17.4. The molecule has 154 valence electrons. The molecule has 6 heteroatoms. The highest BCUT2D eigenvalue weighted by Crippen LogP contribution is 2.22. The number of aromatic nitrogens is 2. The first-order valence-corrected chi connectivity index (χ1v) is 10.1. The number of para-hydroxylation sites is 2. The summed E-state index contributed by atoms with van der Waals surface area (Å²) >= 11 is 0. The third kappa shape index (κ3) is 5.28. The number of rotatable bonds is 10. The Kier molecular flexibility index (Phi) is 7.11. The summed E-state index contributed by atoms with van der Waals surface area (Å²) in [6, 6.07) is 15.6. The molecule has 3 rings (SSSR count). The first kappa shape index (κ1) is 20.7. The van der Waals surface area contributed by atoms with Crippen LogP contribution in [-0.2, 0) is 11.3 Å². The van der Waals surface area contributed by atoms with Gasteiger partial charge in [-0.25, -0.2) is 4.98 Å². The molecule has 0 saturated carbocycles. The number of aryl methyl sites for hydroxylation is 1. The van der Waals surface area contributed by atoms with Crippen LogP contribution in [0.15, 0.2) is 48.5 Å². The molecule has 2 aromatic carbocycles. The minimum atomic E-state index is -0.134. The number of hydrogen-bond acceptors (Lipinski definition) is 4. The Balaban J connectivity index is 1.60. The molecule has 29 heavy (non-hydrogen) atoms. The second-order valence-corrected chi connectivity index (χ2v) is 6.98. The van der Waals surface area contributed by atoms with Gasteiger partial charge in [0.15, 0.2) is 0 Å². The molecule has 1 amide bonds. The van der Waals surface area contributed by atoms with E-state index >= 15 is 0 Å². The lowest BCUT2D eigenvalue weighted by molar-refractivity contribution is -0.121. The lowest BCUT2D eigenvalue weighted by Crippen LogP contribution is -2.28. The van der Waals surface area contributed by atoms with Gasteiger partial charge in [0, 0.05) is 13.0 Å². The highest BCUT2D eigenvalue weighted by atomic mass is 16.5. The molecule has 3 aromatic rings. The number of nitrogens with zero attached hydrogens (tertiary/aromatic N) is 2. The second kappa shape index (κ2) is 9.96. The number of nitrogens with one attached hydrogen (secondary N) is 1. The quantitative estimate of drug-likeness (QED) is 0.514. The normalized spacial score (nSPS) is 12.0. The molecule has 0 spiro atoms. The van der Waals surface area contributed by atoms with Crippen LogP contribution in [0.2, 0.25) is 0 Å². The van der Waals surface area contributed by atoms with Crippen molar-refractivity contribution < 1.29 is 14.3 Å². The Morgan fingerprint density at radius 2 is 1.83 bits per heavy atom. The molecule has 1 atom stereocenters. The Hall–Kier alpha value is -3.02. The first-order chi connectivity index (χ1) is 14.1. The lowest BCUT2D eigenvalue weighted by Gasteiger charge is -2.16. The smallest absolute Gasteiger partial charge is 0.220 e. The van der Waals surface area contributed by atoms with Gasteiger partial charge in [-0.3, -0.25) is 4.79 Å². The summed E-state index contributed by atoms with van der Waals surface area (Å²) in [7, 11) is 1.65. The van der Waals surface area contributed by atoms with E-state index in [1.54, 1.807) is 7.11 Å². The summed E-state index contributed by atoms with van der Waals surface area (Å²) in [5.74, 6) is 2.59. The van der Waals surface area contributed by atoms with E-state index in [0.29, 0.717) is 13.0 Å². The van der Waals surface area contributed by atoms with Gasteiger partial charge in [0.25, 0.3) is 0 Å². The summed E-state index contributed by atoms with van der Waals surface area (Å²) in [6.45, 7) is 5.32. The van der Waals surface area contributed by atoms with Gasteiger partial charge < -0.3 is 19.4 Å². The van der Waals surface area contributed by atoms with Crippen molar-refractivity contribution in [3.63, 3.8) is 0 Å². The molecule has 0 aliphatic rings. The van der Waals surface area contributed by atoms with E-state index in [9.17, 15) is 4.79 Å². The van der Waals surface area contributed by atoms with Crippen LogP contribution in [0.1, 0.15) is 45.0 Å². The highest BCUT2D eigenvalue weighted by Gasteiger charge is 2.17. The van der Waals surface area contributed by atoms with E-state index in [0.717, 1.165) is 47.7 Å². The number of imidazole rings is 1. The number of ether oxygens (including phenoxy) is 2. The van der Waals surface area contributed by atoms with E-state index in [2.05, 4.69) is 16.0 Å². The van der Waals surface area contributed by atoms with Gasteiger partial charge in [-0.05, 0) is 56.2 Å². The number of fused-ring (bicyclic) bond motifs is 1. The van der Waals surface area contributed by atoms with Crippen LogP contribution in [0.5, 0.6) is 11.5 Å². The van der Waals surface area contributed by atoms with Crippen LogP contribution in [0.4, 0.5) is 0 Å². The minimum absolute atomic E-state index is 0.0315. The molecular formula is C23H29N3O3. The third-order valence-corrected chi connectivity index (χ3v) is 4.87. The average Bonchev–Trinajstić information content (AvgIpc) is 3.12. The summed E-state index contributed by atoms with van der Waals surface area (Å²) in [5, 5.41) is 3.02. The van der Waals surface area contributed by atoms with E-state index in [-0.39, 0.29) is 11.9 Å².